The van der Waals surface area contributed by atoms with Crippen LogP contribution in [0.2, 0.25) is 0 Å². The Morgan fingerprint density at radius 1 is 1.05 bits per heavy atom. The second-order valence-corrected chi connectivity index (χ2v) is 4.86. The van der Waals surface area contributed by atoms with Crippen LogP contribution in [0.15, 0.2) is 48.5 Å². The molecule has 1 aliphatic carbocycles. The fourth-order valence-electron chi connectivity index (χ4n) is 2.04. The van der Waals surface area contributed by atoms with E-state index in [1.54, 1.807) is 12.1 Å². The first-order chi connectivity index (χ1) is 9.24. The van der Waals surface area contributed by atoms with Crippen LogP contribution in [0.1, 0.15) is 12.8 Å². The van der Waals surface area contributed by atoms with Gasteiger partial charge in [-0.25, -0.2) is 0 Å². The van der Waals surface area contributed by atoms with Gasteiger partial charge in [-0.15, -0.1) is 0 Å². The maximum Gasteiger partial charge on any atom is 0.227 e. The molecule has 0 atom stereocenters. The standard InChI is InChI=1S/C16H15NO2/c18-15-4-2-1-3-14(15)11-7-9-13(10-8-11)17-16(19)12-5-6-12/h1-4,7-10,12,18H,5-6H2,(H,17,19). The quantitative estimate of drug-likeness (QED) is 0.880. The van der Waals surface area contributed by atoms with Gasteiger partial charge < -0.3 is 10.4 Å². The highest BCUT2D eigenvalue weighted by Gasteiger charge is 2.29. The number of rotatable bonds is 3. The molecule has 0 aliphatic heterocycles. The molecule has 2 aromatic rings. The molecule has 0 saturated heterocycles. The molecular formula is C16H15NO2. The van der Waals surface area contributed by atoms with Crippen molar-refractivity contribution < 1.29 is 9.90 Å². The lowest BCUT2D eigenvalue weighted by molar-refractivity contribution is -0.117. The highest BCUT2D eigenvalue weighted by Crippen LogP contribution is 2.31. The zero-order valence-electron chi connectivity index (χ0n) is 10.5. The molecule has 19 heavy (non-hydrogen) atoms. The van der Waals surface area contributed by atoms with Crippen LogP contribution in [0.25, 0.3) is 11.1 Å². The minimum atomic E-state index is 0.107. The average Bonchev–Trinajstić information content (AvgIpc) is 3.25. The summed E-state index contributed by atoms with van der Waals surface area (Å²) in [5, 5.41) is 12.7. The van der Waals surface area contributed by atoms with Crippen LogP contribution < -0.4 is 5.32 Å². The number of phenols is 1. The topological polar surface area (TPSA) is 49.3 Å². The molecule has 3 nitrogen and oxygen atoms in total. The molecule has 0 unspecified atom stereocenters. The van der Waals surface area contributed by atoms with Crippen molar-refractivity contribution >= 4 is 11.6 Å². The molecule has 0 heterocycles. The number of benzene rings is 2. The maximum atomic E-state index is 11.6. The normalized spacial score (nSPS) is 14.1. The fourth-order valence-corrected chi connectivity index (χ4v) is 2.04. The van der Waals surface area contributed by atoms with Crippen LogP contribution in [0.5, 0.6) is 5.75 Å². The average molecular weight is 253 g/mol. The van der Waals surface area contributed by atoms with Crippen molar-refractivity contribution in [1.29, 1.82) is 0 Å². The van der Waals surface area contributed by atoms with Crippen LogP contribution in [0.3, 0.4) is 0 Å². The molecule has 1 aliphatic rings. The van der Waals surface area contributed by atoms with Gasteiger partial charge in [-0.3, -0.25) is 4.79 Å². The van der Waals surface area contributed by atoms with Gasteiger partial charge in [0.1, 0.15) is 5.75 Å². The van der Waals surface area contributed by atoms with Crippen molar-refractivity contribution in [3.05, 3.63) is 48.5 Å². The van der Waals surface area contributed by atoms with E-state index in [0.717, 1.165) is 29.7 Å². The van der Waals surface area contributed by atoms with Crippen LogP contribution in [-0.2, 0) is 4.79 Å². The lowest BCUT2D eigenvalue weighted by Gasteiger charge is -2.07. The molecule has 3 rings (SSSR count). The smallest absolute Gasteiger partial charge is 0.227 e. The lowest BCUT2D eigenvalue weighted by atomic mass is 10.0. The van der Waals surface area contributed by atoms with Crippen molar-refractivity contribution in [1.82, 2.24) is 0 Å². The number of phenolic OH excluding ortho intramolecular Hbond substituents is 1. The SMILES string of the molecule is O=C(Nc1ccc(-c2ccccc2O)cc1)C1CC1. The Morgan fingerprint density at radius 3 is 2.37 bits per heavy atom. The van der Waals surface area contributed by atoms with Crippen molar-refractivity contribution in [2.75, 3.05) is 5.32 Å². The Morgan fingerprint density at radius 2 is 1.74 bits per heavy atom. The summed E-state index contributed by atoms with van der Waals surface area (Å²) in [4.78, 5) is 11.6. The number of hydrogen-bond acceptors (Lipinski definition) is 2. The van der Waals surface area contributed by atoms with Crippen molar-refractivity contribution in [3.8, 4) is 16.9 Å². The Hall–Kier alpha value is -2.29. The Balaban J connectivity index is 1.78. The van der Waals surface area contributed by atoms with Crippen LogP contribution in [0.4, 0.5) is 5.69 Å². The molecule has 1 fully saturated rings. The van der Waals surface area contributed by atoms with E-state index >= 15 is 0 Å². The summed E-state index contributed by atoms with van der Waals surface area (Å²) in [6.45, 7) is 0. The number of nitrogens with one attached hydrogen (secondary N) is 1. The van der Waals surface area contributed by atoms with E-state index < -0.39 is 0 Å². The van der Waals surface area contributed by atoms with E-state index in [9.17, 15) is 9.90 Å². The van der Waals surface area contributed by atoms with Gasteiger partial charge in [0.25, 0.3) is 0 Å². The van der Waals surface area contributed by atoms with Gasteiger partial charge in [0.15, 0.2) is 0 Å². The minimum absolute atomic E-state index is 0.107. The predicted octanol–water partition coefficient (Wildman–Crippen LogP) is 3.41. The molecule has 2 aromatic carbocycles. The lowest BCUT2D eigenvalue weighted by Crippen LogP contribution is -2.12. The monoisotopic (exact) mass is 253 g/mol. The van der Waals surface area contributed by atoms with Crippen LogP contribution in [0, 0.1) is 5.92 Å². The zero-order valence-corrected chi connectivity index (χ0v) is 10.5. The largest absolute Gasteiger partial charge is 0.507 e. The molecule has 3 heteroatoms. The highest BCUT2D eigenvalue weighted by atomic mass is 16.3. The second-order valence-electron chi connectivity index (χ2n) is 4.86. The van der Waals surface area contributed by atoms with Crippen molar-refractivity contribution in [3.63, 3.8) is 0 Å². The third-order valence-electron chi connectivity index (χ3n) is 3.32. The summed E-state index contributed by atoms with van der Waals surface area (Å²) < 4.78 is 0. The van der Waals surface area contributed by atoms with Crippen LogP contribution >= 0.6 is 0 Å². The van der Waals surface area contributed by atoms with E-state index in [2.05, 4.69) is 5.32 Å². The maximum absolute atomic E-state index is 11.6. The molecule has 0 spiro atoms. The molecule has 0 bridgehead atoms. The van der Waals surface area contributed by atoms with E-state index in [0.29, 0.717) is 0 Å². The van der Waals surface area contributed by atoms with Gasteiger partial charge in [-0.2, -0.15) is 0 Å². The summed E-state index contributed by atoms with van der Waals surface area (Å²) in [7, 11) is 0. The first-order valence-corrected chi connectivity index (χ1v) is 6.43. The van der Waals surface area contributed by atoms with Gasteiger partial charge in [0.2, 0.25) is 5.91 Å². The van der Waals surface area contributed by atoms with Crippen LogP contribution in [-0.4, -0.2) is 11.0 Å². The summed E-state index contributed by atoms with van der Waals surface area (Å²) in [5.41, 5.74) is 2.53. The number of carbonyl (C=O) groups is 1. The first-order valence-electron chi connectivity index (χ1n) is 6.43. The second kappa shape index (κ2) is 4.76. The van der Waals surface area contributed by atoms with Crippen molar-refractivity contribution in [2.45, 2.75) is 12.8 Å². The number of carbonyl (C=O) groups excluding carboxylic acids is 1. The Kier molecular flexibility index (Phi) is 2.95. The van der Waals surface area contributed by atoms with Gasteiger partial charge >= 0.3 is 0 Å². The first kappa shape index (κ1) is 11.8. The summed E-state index contributed by atoms with van der Waals surface area (Å²) >= 11 is 0. The van der Waals surface area contributed by atoms with Gasteiger partial charge in [0.05, 0.1) is 0 Å². The molecule has 0 radical (unpaired) electrons. The predicted molar refractivity (Wildman–Crippen MR) is 74.9 cm³/mol. The molecule has 2 N–H and O–H groups in total. The number of para-hydroxylation sites is 1. The molecule has 96 valence electrons. The van der Waals surface area contributed by atoms with E-state index in [4.69, 9.17) is 0 Å². The van der Waals surface area contributed by atoms with E-state index in [1.165, 1.54) is 0 Å². The fraction of sp³-hybridized carbons (Fsp3) is 0.188. The number of amides is 1. The van der Waals surface area contributed by atoms with Gasteiger partial charge in [-0.05, 0) is 36.6 Å². The molecule has 1 saturated carbocycles. The van der Waals surface area contributed by atoms with E-state index in [-0.39, 0.29) is 17.6 Å². The Labute approximate surface area is 111 Å². The van der Waals surface area contributed by atoms with Gasteiger partial charge in [0, 0.05) is 17.2 Å². The number of hydrogen-bond donors (Lipinski definition) is 2. The molecular weight excluding hydrogens is 238 g/mol. The minimum Gasteiger partial charge on any atom is -0.507 e. The summed E-state index contributed by atoms with van der Waals surface area (Å²) in [6, 6.07) is 14.7. The third kappa shape index (κ3) is 2.60. The number of aromatic hydroxyl groups is 1. The zero-order chi connectivity index (χ0) is 13.2. The van der Waals surface area contributed by atoms with E-state index in [1.807, 2.05) is 36.4 Å². The third-order valence-corrected chi connectivity index (χ3v) is 3.32. The number of anilines is 1. The molecule has 0 aromatic heterocycles. The summed E-state index contributed by atoms with van der Waals surface area (Å²) in [6.07, 6.45) is 2.00. The molecule has 1 amide bonds. The van der Waals surface area contributed by atoms with Gasteiger partial charge in [-0.1, -0.05) is 30.3 Å². The summed E-state index contributed by atoms with van der Waals surface area (Å²) in [5.74, 6) is 0.574. The Bertz CT molecular complexity index is 600. The highest BCUT2D eigenvalue weighted by molar-refractivity contribution is 5.94. The van der Waals surface area contributed by atoms with Crippen molar-refractivity contribution in [2.24, 2.45) is 5.92 Å².